The van der Waals surface area contributed by atoms with Gasteiger partial charge in [-0.2, -0.15) is 4.31 Å². The van der Waals surface area contributed by atoms with Crippen LogP contribution in [0.1, 0.15) is 5.56 Å². The van der Waals surface area contributed by atoms with Gasteiger partial charge in [0, 0.05) is 23.6 Å². The van der Waals surface area contributed by atoms with Gasteiger partial charge in [0.2, 0.25) is 10.0 Å². The monoisotopic (exact) mass is 344 g/mol. The van der Waals surface area contributed by atoms with Crippen LogP contribution in [0.3, 0.4) is 0 Å². The van der Waals surface area contributed by atoms with E-state index in [0.717, 1.165) is 0 Å². The number of nitrogen functional groups attached to an aromatic ring is 1. The summed E-state index contributed by atoms with van der Waals surface area (Å²) in [6, 6.07) is 11.4. The molecule has 0 aromatic heterocycles. The highest BCUT2D eigenvalue weighted by Crippen LogP contribution is 2.27. The molecule has 2 aromatic carbocycles. The molecule has 0 aliphatic heterocycles. The van der Waals surface area contributed by atoms with Crippen LogP contribution in [-0.2, 0) is 16.6 Å². The Hall–Kier alpha value is -1.27. The normalized spacial score (nSPS) is 11.8. The van der Waals surface area contributed by atoms with Crippen LogP contribution in [0.2, 0.25) is 10.0 Å². The number of rotatable bonds is 4. The van der Waals surface area contributed by atoms with Crippen molar-refractivity contribution in [3.8, 4) is 0 Å². The number of sulfonamides is 1. The predicted octanol–water partition coefficient (Wildman–Crippen LogP) is 3.40. The van der Waals surface area contributed by atoms with Gasteiger partial charge in [-0.1, -0.05) is 41.4 Å². The SMILES string of the molecule is CN(Cc1ccccc1Cl)S(=O)(=O)c1cc(Cl)ccc1N. The van der Waals surface area contributed by atoms with Gasteiger partial charge in [-0.15, -0.1) is 0 Å². The van der Waals surface area contributed by atoms with Gasteiger partial charge in [-0.05, 0) is 29.8 Å². The molecule has 0 heterocycles. The topological polar surface area (TPSA) is 63.4 Å². The standard InChI is InChI=1S/C14H14Cl2N2O2S/c1-18(9-10-4-2-3-5-12(10)16)21(19,20)14-8-11(15)6-7-13(14)17/h2-8H,9,17H2,1H3. The number of hydrogen-bond donors (Lipinski definition) is 1. The van der Waals surface area contributed by atoms with Crippen LogP contribution in [0.4, 0.5) is 5.69 Å². The third-order valence-electron chi connectivity index (χ3n) is 3.01. The molecule has 0 aliphatic rings. The Labute approximate surface area is 134 Å². The van der Waals surface area contributed by atoms with E-state index < -0.39 is 10.0 Å². The molecule has 0 atom stereocenters. The Kier molecular flexibility index (Phi) is 4.78. The highest BCUT2D eigenvalue weighted by molar-refractivity contribution is 7.89. The second kappa shape index (κ2) is 6.23. The molecule has 0 unspecified atom stereocenters. The first-order valence-corrected chi connectivity index (χ1v) is 8.27. The summed E-state index contributed by atoms with van der Waals surface area (Å²) in [4.78, 5) is -0.00967. The van der Waals surface area contributed by atoms with Crippen LogP contribution < -0.4 is 5.73 Å². The number of nitrogens with two attached hydrogens (primary N) is 1. The van der Waals surface area contributed by atoms with E-state index >= 15 is 0 Å². The van der Waals surface area contributed by atoms with Gasteiger partial charge in [-0.3, -0.25) is 0 Å². The summed E-state index contributed by atoms with van der Waals surface area (Å²) < 4.78 is 26.3. The molecule has 112 valence electrons. The van der Waals surface area contributed by atoms with E-state index in [1.54, 1.807) is 30.3 Å². The summed E-state index contributed by atoms with van der Waals surface area (Å²) >= 11 is 11.9. The maximum atomic E-state index is 12.6. The fraction of sp³-hybridized carbons (Fsp3) is 0.143. The molecule has 7 heteroatoms. The minimum atomic E-state index is -3.74. The highest BCUT2D eigenvalue weighted by Gasteiger charge is 2.24. The van der Waals surface area contributed by atoms with Crippen molar-refractivity contribution in [3.63, 3.8) is 0 Å². The Bertz CT molecular complexity index is 763. The smallest absolute Gasteiger partial charge is 0.245 e. The minimum Gasteiger partial charge on any atom is -0.398 e. The summed E-state index contributed by atoms with van der Waals surface area (Å²) in [6.07, 6.45) is 0. The van der Waals surface area contributed by atoms with Gasteiger partial charge in [0.25, 0.3) is 0 Å². The van der Waals surface area contributed by atoms with Crippen molar-refractivity contribution in [2.24, 2.45) is 0 Å². The second-order valence-corrected chi connectivity index (χ2v) is 7.39. The first kappa shape index (κ1) is 16.1. The lowest BCUT2D eigenvalue weighted by Crippen LogP contribution is -2.27. The van der Waals surface area contributed by atoms with Gasteiger partial charge in [0.15, 0.2) is 0 Å². The average molecular weight is 345 g/mol. The highest BCUT2D eigenvalue weighted by atomic mass is 35.5. The lowest BCUT2D eigenvalue weighted by Gasteiger charge is -2.19. The van der Waals surface area contributed by atoms with Crippen molar-refractivity contribution in [2.45, 2.75) is 11.4 Å². The van der Waals surface area contributed by atoms with Crippen molar-refractivity contribution in [2.75, 3.05) is 12.8 Å². The lowest BCUT2D eigenvalue weighted by molar-refractivity contribution is 0.467. The van der Waals surface area contributed by atoms with E-state index in [-0.39, 0.29) is 17.1 Å². The Morgan fingerprint density at radius 1 is 1.14 bits per heavy atom. The molecule has 0 aliphatic carbocycles. The molecule has 0 saturated heterocycles. The van der Waals surface area contributed by atoms with Crippen LogP contribution in [0, 0.1) is 0 Å². The first-order chi connectivity index (χ1) is 9.82. The van der Waals surface area contributed by atoms with Crippen LogP contribution in [-0.4, -0.2) is 19.8 Å². The van der Waals surface area contributed by atoms with E-state index in [9.17, 15) is 8.42 Å². The van der Waals surface area contributed by atoms with E-state index in [0.29, 0.717) is 15.6 Å². The molecule has 0 radical (unpaired) electrons. The first-order valence-electron chi connectivity index (χ1n) is 6.07. The van der Waals surface area contributed by atoms with Crippen LogP contribution in [0.15, 0.2) is 47.4 Å². The molecular weight excluding hydrogens is 331 g/mol. The van der Waals surface area contributed by atoms with Gasteiger partial charge < -0.3 is 5.73 Å². The van der Waals surface area contributed by atoms with Crippen molar-refractivity contribution in [3.05, 3.63) is 58.1 Å². The quantitative estimate of drug-likeness (QED) is 0.864. The fourth-order valence-electron chi connectivity index (χ4n) is 1.85. The average Bonchev–Trinajstić information content (AvgIpc) is 2.43. The van der Waals surface area contributed by atoms with Crippen LogP contribution >= 0.6 is 23.2 Å². The van der Waals surface area contributed by atoms with Gasteiger partial charge in [0.1, 0.15) is 4.90 Å². The zero-order valence-electron chi connectivity index (χ0n) is 11.3. The summed E-state index contributed by atoms with van der Waals surface area (Å²) in [5.41, 5.74) is 6.62. The molecule has 0 amide bonds. The van der Waals surface area contributed by atoms with Crippen molar-refractivity contribution in [1.29, 1.82) is 0 Å². The Balaban J connectivity index is 2.35. The van der Waals surface area contributed by atoms with E-state index in [4.69, 9.17) is 28.9 Å². The molecule has 0 spiro atoms. The van der Waals surface area contributed by atoms with Crippen LogP contribution in [0.25, 0.3) is 0 Å². The molecule has 0 saturated carbocycles. The van der Waals surface area contributed by atoms with E-state index in [1.165, 1.54) is 23.5 Å². The Morgan fingerprint density at radius 3 is 2.48 bits per heavy atom. The number of hydrogen-bond acceptors (Lipinski definition) is 3. The fourth-order valence-corrected chi connectivity index (χ4v) is 3.57. The van der Waals surface area contributed by atoms with Gasteiger partial charge in [-0.25, -0.2) is 8.42 Å². The van der Waals surface area contributed by atoms with Crippen molar-refractivity contribution in [1.82, 2.24) is 4.31 Å². The zero-order chi connectivity index (χ0) is 15.6. The maximum Gasteiger partial charge on any atom is 0.245 e. The second-order valence-electron chi connectivity index (χ2n) is 4.53. The molecule has 21 heavy (non-hydrogen) atoms. The number of benzene rings is 2. The maximum absolute atomic E-state index is 12.6. The molecule has 4 nitrogen and oxygen atoms in total. The predicted molar refractivity (Wildman–Crippen MR) is 86.0 cm³/mol. The van der Waals surface area contributed by atoms with E-state index in [2.05, 4.69) is 0 Å². The number of halogens is 2. The third-order valence-corrected chi connectivity index (χ3v) is 5.48. The van der Waals surface area contributed by atoms with Gasteiger partial charge in [0.05, 0.1) is 5.69 Å². The van der Waals surface area contributed by atoms with Crippen molar-refractivity contribution < 1.29 is 8.42 Å². The molecule has 0 bridgehead atoms. The van der Waals surface area contributed by atoms with E-state index in [1.807, 2.05) is 0 Å². The molecule has 2 aromatic rings. The molecular formula is C14H14Cl2N2O2S. The molecule has 0 fully saturated rings. The summed E-state index contributed by atoms with van der Waals surface area (Å²) in [6.45, 7) is 0.147. The largest absolute Gasteiger partial charge is 0.398 e. The number of anilines is 1. The Morgan fingerprint density at radius 2 is 1.81 bits per heavy atom. The summed E-state index contributed by atoms with van der Waals surface area (Å²) in [7, 11) is -2.27. The van der Waals surface area contributed by atoms with Gasteiger partial charge >= 0.3 is 0 Å². The summed E-state index contributed by atoms with van der Waals surface area (Å²) in [5.74, 6) is 0. The third kappa shape index (κ3) is 3.49. The van der Waals surface area contributed by atoms with Crippen LogP contribution in [0.5, 0.6) is 0 Å². The molecule has 2 N–H and O–H groups in total. The number of nitrogens with zero attached hydrogens (tertiary/aromatic N) is 1. The lowest BCUT2D eigenvalue weighted by atomic mass is 10.2. The minimum absolute atomic E-state index is 0.00967. The zero-order valence-corrected chi connectivity index (χ0v) is 13.6. The molecule has 2 rings (SSSR count). The van der Waals surface area contributed by atoms with Crippen molar-refractivity contribution >= 4 is 38.9 Å². The summed E-state index contributed by atoms with van der Waals surface area (Å²) in [5, 5.41) is 0.826.